The molecule has 1 aromatic carbocycles. The fraction of sp³-hybridized carbons (Fsp3) is 0.368. The summed E-state index contributed by atoms with van der Waals surface area (Å²) < 4.78 is 6.19. The van der Waals surface area contributed by atoms with Crippen LogP contribution in [-0.2, 0) is 14.3 Å². The van der Waals surface area contributed by atoms with Crippen molar-refractivity contribution in [1.82, 2.24) is 14.9 Å². The number of nitrogens with zero attached hydrogens (tertiary/aromatic N) is 1. The van der Waals surface area contributed by atoms with Crippen molar-refractivity contribution in [3.8, 4) is 0 Å². The first-order chi connectivity index (χ1) is 14.2. The summed E-state index contributed by atoms with van der Waals surface area (Å²) in [7, 11) is 0. The van der Waals surface area contributed by atoms with Crippen molar-refractivity contribution < 1.29 is 24.5 Å². The number of rotatable bonds is 5. The number of aryl methyl sites for hydroxylation is 1. The number of benzene rings is 1. The number of carbonyl (C=O) groups is 2. The van der Waals surface area contributed by atoms with E-state index in [1.807, 2.05) is 24.9 Å². The molecule has 160 valence electrons. The molecule has 1 aromatic heterocycles. The van der Waals surface area contributed by atoms with E-state index in [9.17, 15) is 29.4 Å². The molecule has 1 aliphatic rings. The molecule has 0 bridgehead atoms. The SMILES string of the molecule is Cc1cccc(NC(=O)CNC(=O)[C@H]2O[C@@H](n3ccc(=O)[nH]c3=O)[C@H](O)[C@@H]2O)c1C. The van der Waals surface area contributed by atoms with Gasteiger partial charge in [0.1, 0.15) is 12.2 Å². The van der Waals surface area contributed by atoms with Crippen molar-refractivity contribution >= 4 is 17.5 Å². The second kappa shape index (κ2) is 8.61. The summed E-state index contributed by atoms with van der Waals surface area (Å²) >= 11 is 0. The highest BCUT2D eigenvalue weighted by molar-refractivity contribution is 5.95. The molecule has 4 atom stereocenters. The largest absolute Gasteiger partial charge is 0.387 e. The maximum Gasteiger partial charge on any atom is 0.330 e. The van der Waals surface area contributed by atoms with E-state index in [1.165, 1.54) is 0 Å². The lowest BCUT2D eigenvalue weighted by molar-refractivity contribution is -0.138. The Kier molecular flexibility index (Phi) is 6.15. The minimum Gasteiger partial charge on any atom is -0.387 e. The summed E-state index contributed by atoms with van der Waals surface area (Å²) in [6.45, 7) is 3.37. The van der Waals surface area contributed by atoms with Gasteiger partial charge in [0.2, 0.25) is 5.91 Å². The van der Waals surface area contributed by atoms with Gasteiger partial charge < -0.3 is 25.6 Å². The Morgan fingerprint density at radius 3 is 2.60 bits per heavy atom. The number of H-pyrrole nitrogens is 1. The van der Waals surface area contributed by atoms with E-state index < -0.39 is 54.1 Å². The number of anilines is 1. The van der Waals surface area contributed by atoms with E-state index in [-0.39, 0.29) is 0 Å². The summed E-state index contributed by atoms with van der Waals surface area (Å²) in [5, 5.41) is 25.3. The number of aliphatic hydroxyl groups excluding tert-OH is 2. The number of amides is 2. The van der Waals surface area contributed by atoms with Crippen molar-refractivity contribution in [3.63, 3.8) is 0 Å². The molecule has 0 aliphatic carbocycles. The van der Waals surface area contributed by atoms with Gasteiger partial charge in [0.05, 0.1) is 6.54 Å². The number of ether oxygens (including phenoxy) is 1. The first-order valence-electron chi connectivity index (χ1n) is 9.16. The molecule has 0 saturated carbocycles. The van der Waals surface area contributed by atoms with Crippen LogP contribution in [0.4, 0.5) is 5.69 Å². The molecular weight excluding hydrogens is 396 g/mol. The second-order valence-electron chi connectivity index (χ2n) is 6.96. The zero-order valence-electron chi connectivity index (χ0n) is 16.3. The van der Waals surface area contributed by atoms with Crippen molar-refractivity contribution in [2.45, 2.75) is 38.4 Å². The molecule has 1 fully saturated rings. The Balaban J connectivity index is 1.62. The average molecular weight is 418 g/mol. The summed E-state index contributed by atoms with van der Waals surface area (Å²) in [6.07, 6.45) is -5.06. The maximum atomic E-state index is 12.4. The predicted molar refractivity (Wildman–Crippen MR) is 105 cm³/mol. The third kappa shape index (κ3) is 4.32. The van der Waals surface area contributed by atoms with Crippen LogP contribution in [0.5, 0.6) is 0 Å². The summed E-state index contributed by atoms with van der Waals surface area (Å²) in [5.41, 5.74) is 0.987. The van der Waals surface area contributed by atoms with Crippen LogP contribution in [0.15, 0.2) is 40.1 Å². The van der Waals surface area contributed by atoms with Gasteiger partial charge in [0.25, 0.3) is 11.5 Å². The zero-order chi connectivity index (χ0) is 22.0. The summed E-state index contributed by atoms with van der Waals surface area (Å²) in [5.74, 6) is -1.32. The van der Waals surface area contributed by atoms with Crippen LogP contribution >= 0.6 is 0 Å². The van der Waals surface area contributed by atoms with E-state index in [4.69, 9.17) is 4.74 Å². The average Bonchev–Trinajstić information content (AvgIpc) is 2.99. The third-order valence-electron chi connectivity index (χ3n) is 4.92. The number of aliphatic hydroxyl groups is 2. The number of aromatic amines is 1. The first-order valence-corrected chi connectivity index (χ1v) is 9.16. The number of hydrogen-bond donors (Lipinski definition) is 5. The third-order valence-corrected chi connectivity index (χ3v) is 4.92. The Bertz CT molecular complexity index is 1080. The van der Waals surface area contributed by atoms with E-state index >= 15 is 0 Å². The number of hydrogen-bond acceptors (Lipinski definition) is 7. The summed E-state index contributed by atoms with van der Waals surface area (Å²) in [4.78, 5) is 49.5. The Morgan fingerprint density at radius 1 is 1.17 bits per heavy atom. The minimum atomic E-state index is -1.64. The van der Waals surface area contributed by atoms with Crippen molar-refractivity contribution in [3.05, 3.63) is 62.4 Å². The van der Waals surface area contributed by atoms with Gasteiger partial charge in [-0.2, -0.15) is 0 Å². The molecule has 0 unspecified atom stereocenters. The highest BCUT2D eigenvalue weighted by Crippen LogP contribution is 2.28. The van der Waals surface area contributed by atoms with Crippen LogP contribution in [-0.4, -0.2) is 56.4 Å². The van der Waals surface area contributed by atoms with Gasteiger partial charge >= 0.3 is 5.69 Å². The van der Waals surface area contributed by atoms with Crippen LogP contribution < -0.4 is 21.9 Å². The normalized spacial score (nSPS) is 23.2. The smallest absolute Gasteiger partial charge is 0.330 e. The molecule has 1 saturated heterocycles. The van der Waals surface area contributed by atoms with Crippen molar-refractivity contribution in [1.29, 1.82) is 0 Å². The van der Waals surface area contributed by atoms with Gasteiger partial charge in [-0.15, -0.1) is 0 Å². The lowest BCUT2D eigenvalue weighted by Crippen LogP contribution is -2.45. The molecule has 3 rings (SSSR count). The molecule has 0 radical (unpaired) electrons. The minimum absolute atomic E-state index is 0.391. The quantitative estimate of drug-likeness (QED) is 0.396. The van der Waals surface area contributed by atoms with Crippen molar-refractivity contribution in [2.75, 3.05) is 11.9 Å². The second-order valence-corrected chi connectivity index (χ2v) is 6.96. The van der Waals surface area contributed by atoms with Crippen LogP contribution in [0, 0.1) is 13.8 Å². The van der Waals surface area contributed by atoms with E-state index in [1.54, 1.807) is 12.1 Å². The Morgan fingerprint density at radius 2 is 1.90 bits per heavy atom. The highest BCUT2D eigenvalue weighted by atomic mass is 16.6. The molecule has 30 heavy (non-hydrogen) atoms. The lowest BCUT2D eigenvalue weighted by Gasteiger charge is -2.16. The van der Waals surface area contributed by atoms with Gasteiger partial charge in [-0.05, 0) is 31.0 Å². The first kappa shape index (κ1) is 21.4. The molecule has 1 aliphatic heterocycles. The molecule has 2 aromatic rings. The lowest BCUT2D eigenvalue weighted by atomic mass is 10.1. The molecule has 5 N–H and O–H groups in total. The predicted octanol–water partition coefficient (Wildman–Crippen LogP) is -1.47. The monoisotopic (exact) mass is 418 g/mol. The number of nitrogens with one attached hydrogen (secondary N) is 3. The maximum absolute atomic E-state index is 12.4. The van der Waals surface area contributed by atoms with E-state index in [2.05, 4.69) is 10.6 Å². The molecule has 2 amide bonds. The van der Waals surface area contributed by atoms with Gasteiger partial charge in [-0.25, -0.2) is 4.79 Å². The van der Waals surface area contributed by atoms with Gasteiger partial charge in [-0.3, -0.25) is 23.9 Å². The standard InChI is InChI=1S/C19H22N4O7/c1-9-4-3-5-11(10(9)2)21-13(25)8-20-17(28)16-14(26)15(27)18(30-16)23-7-6-12(24)22-19(23)29/h3-7,14-16,18,26-27H,8H2,1-2H3,(H,20,28)(H,21,25)(H,22,24,29)/t14-,15+,16-,18+/m0/s1. The molecule has 11 heteroatoms. The topological polar surface area (TPSA) is 163 Å². The zero-order valence-corrected chi connectivity index (χ0v) is 16.3. The van der Waals surface area contributed by atoms with Crippen LogP contribution in [0.1, 0.15) is 17.4 Å². The Labute approximate surface area is 170 Å². The van der Waals surface area contributed by atoms with Crippen LogP contribution in [0.2, 0.25) is 0 Å². The van der Waals surface area contributed by atoms with E-state index in [0.29, 0.717) is 5.69 Å². The summed E-state index contributed by atoms with van der Waals surface area (Å²) in [6, 6.07) is 6.46. The Hall–Kier alpha value is -3.28. The fourth-order valence-corrected chi connectivity index (χ4v) is 3.08. The highest BCUT2D eigenvalue weighted by Gasteiger charge is 2.47. The van der Waals surface area contributed by atoms with Gasteiger partial charge in [0.15, 0.2) is 12.3 Å². The molecule has 2 heterocycles. The fourth-order valence-electron chi connectivity index (χ4n) is 3.08. The van der Waals surface area contributed by atoms with Crippen LogP contribution in [0.25, 0.3) is 0 Å². The van der Waals surface area contributed by atoms with Gasteiger partial charge in [-0.1, -0.05) is 12.1 Å². The number of aromatic nitrogens is 2. The van der Waals surface area contributed by atoms with Crippen LogP contribution in [0.3, 0.4) is 0 Å². The number of carbonyl (C=O) groups excluding carboxylic acids is 2. The van der Waals surface area contributed by atoms with E-state index in [0.717, 1.165) is 28.0 Å². The molecule has 11 nitrogen and oxygen atoms in total. The molecule has 0 spiro atoms. The molecular formula is C19H22N4O7. The van der Waals surface area contributed by atoms with Crippen molar-refractivity contribution in [2.24, 2.45) is 0 Å². The van der Waals surface area contributed by atoms with Gasteiger partial charge in [0, 0.05) is 18.0 Å².